The number of hydrogen-bond donors (Lipinski definition) is 1. The molecule has 6 heteroatoms. The topological polar surface area (TPSA) is 76.1 Å². The molecule has 0 radical (unpaired) electrons. The quantitative estimate of drug-likeness (QED) is 0.921. The molecule has 5 nitrogen and oxygen atoms in total. The number of sulfone groups is 1. The standard InChI is InChI=1S/C15H16N2O3S/c1-2-11-21(19,20)13-8-4-3-7-12(13)15(18)17-14-9-5-6-10-16-14/h3-10H,2,11H2,1H3,(H,16,17,18). The smallest absolute Gasteiger partial charge is 0.258 e. The molecule has 0 aliphatic carbocycles. The molecule has 1 N–H and O–H groups in total. The van der Waals surface area contributed by atoms with Crippen molar-refractivity contribution < 1.29 is 13.2 Å². The van der Waals surface area contributed by atoms with Crippen LogP contribution in [0.1, 0.15) is 23.7 Å². The van der Waals surface area contributed by atoms with E-state index in [9.17, 15) is 13.2 Å². The van der Waals surface area contributed by atoms with Crippen LogP contribution in [0.15, 0.2) is 53.6 Å². The molecule has 1 aromatic carbocycles. The zero-order valence-electron chi connectivity index (χ0n) is 11.6. The molecule has 0 saturated carbocycles. The Labute approximate surface area is 124 Å². The van der Waals surface area contributed by atoms with Crippen LogP contribution in [0.4, 0.5) is 5.82 Å². The predicted octanol–water partition coefficient (Wildman–Crippen LogP) is 2.52. The van der Waals surface area contributed by atoms with Crippen molar-refractivity contribution >= 4 is 21.6 Å². The van der Waals surface area contributed by atoms with Gasteiger partial charge in [0.15, 0.2) is 9.84 Å². The van der Waals surface area contributed by atoms with Gasteiger partial charge in [0.05, 0.1) is 16.2 Å². The maximum Gasteiger partial charge on any atom is 0.258 e. The molecule has 0 atom stereocenters. The van der Waals surface area contributed by atoms with Crippen molar-refractivity contribution in [2.45, 2.75) is 18.2 Å². The van der Waals surface area contributed by atoms with E-state index in [1.165, 1.54) is 12.1 Å². The molecule has 1 amide bonds. The van der Waals surface area contributed by atoms with Gasteiger partial charge in [0.2, 0.25) is 0 Å². The van der Waals surface area contributed by atoms with Crippen LogP contribution in [0.3, 0.4) is 0 Å². The molecule has 0 spiro atoms. The average molecular weight is 304 g/mol. The summed E-state index contributed by atoms with van der Waals surface area (Å²) in [5, 5.41) is 2.60. The van der Waals surface area contributed by atoms with Gasteiger partial charge >= 0.3 is 0 Å². The van der Waals surface area contributed by atoms with Crippen LogP contribution < -0.4 is 5.32 Å². The number of carbonyl (C=O) groups is 1. The highest BCUT2D eigenvalue weighted by Gasteiger charge is 2.21. The van der Waals surface area contributed by atoms with E-state index in [0.717, 1.165) is 0 Å². The molecule has 0 fully saturated rings. The number of benzene rings is 1. The zero-order valence-corrected chi connectivity index (χ0v) is 12.4. The third-order valence-corrected chi connectivity index (χ3v) is 4.82. The molecule has 1 aromatic heterocycles. The van der Waals surface area contributed by atoms with Gasteiger partial charge in [0.25, 0.3) is 5.91 Å². The number of carbonyl (C=O) groups excluding carboxylic acids is 1. The minimum atomic E-state index is -3.46. The Balaban J connectivity index is 2.34. The number of amides is 1. The summed E-state index contributed by atoms with van der Waals surface area (Å²) < 4.78 is 24.4. The number of nitrogens with zero attached hydrogens (tertiary/aromatic N) is 1. The van der Waals surface area contributed by atoms with E-state index >= 15 is 0 Å². The number of hydrogen-bond acceptors (Lipinski definition) is 4. The van der Waals surface area contributed by atoms with Crippen LogP contribution >= 0.6 is 0 Å². The minimum Gasteiger partial charge on any atom is -0.307 e. The lowest BCUT2D eigenvalue weighted by molar-refractivity contribution is 0.102. The second-order valence-corrected chi connectivity index (χ2v) is 6.56. The Bertz CT molecular complexity index is 728. The van der Waals surface area contributed by atoms with Crippen LogP contribution in [-0.2, 0) is 9.84 Å². The van der Waals surface area contributed by atoms with Crippen molar-refractivity contribution in [1.29, 1.82) is 0 Å². The van der Waals surface area contributed by atoms with E-state index in [-0.39, 0.29) is 16.2 Å². The molecule has 2 aromatic rings. The SMILES string of the molecule is CCCS(=O)(=O)c1ccccc1C(=O)Nc1ccccn1. The summed E-state index contributed by atoms with van der Waals surface area (Å²) in [5.74, 6) is -0.0879. The van der Waals surface area contributed by atoms with Gasteiger partial charge in [0, 0.05) is 6.20 Å². The first-order chi connectivity index (χ1) is 10.0. The van der Waals surface area contributed by atoms with Crippen molar-refractivity contribution in [1.82, 2.24) is 4.98 Å². The summed E-state index contributed by atoms with van der Waals surface area (Å²) >= 11 is 0. The first-order valence-corrected chi connectivity index (χ1v) is 8.24. The van der Waals surface area contributed by atoms with Crippen molar-refractivity contribution in [2.75, 3.05) is 11.1 Å². The zero-order chi connectivity index (χ0) is 15.3. The van der Waals surface area contributed by atoms with Gasteiger partial charge in [-0.05, 0) is 30.7 Å². The minimum absolute atomic E-state index is 0.0148. The Morgan fingerprint density at radius 2 is 1.86 bits per heavy atom. The number of anilines is 1. The predicted molar refractivity (Wildman–Crippen MR) is 81.0 cm³/mol. The normalized spacial score (nSPS) is 11.1. The fourth-order valence-corrected chi connectivity index (χ4v) is 3.46. The van der Waals surface area contributed by atoms with E-state index in [4.69, 9.17) is 0 Å². The second-order valence-electron chi connectivity index (χ2n) is 4.48. The van der Waals surface area contributed by atoms with Crippen LogP contribution in [0, 0.1) is 0 Å². The first kappa shape index (κ1) is 15.2. The van der Waals surface area contributed by atoms with E-state index in [1.807, 2.05) is 0 Å². The second kappa shape index (κ2) is 6.49. The highest BCUT2D eigenvalue weighted by molar-refractivity contribution is 7.91. The van der Waals surface area contributed by atoms with E-state index in [1.54, 1.807) is 43.5 Å². The largest absolute Gasteiger partial charge is 0.307 e. The van der Waals surface area contributed by atoms with Crippen LogP contribution in [0.2, 0.25) is 0 Å². The summed E-state index contributed by atoms with van der Waals surface area (Å²) in [6.45, 7) is 1.79. The van der Waals surface area contributed by atoms with Gasteiger partial charge in [-0.25, -0.2) is 13.4 Å². The van der Waals surface area contributed by atoms with Crippen LogP contribution in [0.25, 0.3) is 0 Å². The highest BCUT2D eigenvalue weighted by Crippen LogP contribution is 2.19. The van der Waals surface area contributed by atoms with Gasteiger partial charge in [-0.3, -0.25) is 4.79 Å². The Hall–Kier alpha value is -2.21. The monoisotopic (exact) mass is 304 g/mol. The highest BCUT2D eigenvalue weighted by atomic mass is 32.2. The van der Waals surface area contributed by atoms with E-state index in [0.29, 0.717) is 12.2 Å². The van der Waals surface area contributed by atoms with Gasteiger partial charge < -0.3 is 5.32 Å². The van der Waals surface area contributed by atoms with Gasteiger partial charge in [0.1, 0.15) is 5.82 Å². The fraction of sp³-hybridized carbons (Fsp3) is 0.200. The van der Waals surface area contributed by atoms with Crippen LogP contribution in [-0.4, -0.2) is 25.1 Å². The number of pyridine rings is 1. The molecule has 1 heterocycles. The van der Waals surface area contributed by atoms with Crippen molar-refractivity contribution in [3.63, 3.8) is 0 Å². The molecule has 0 unspecified atom stereocenters. The molecule has 110 valence electrons. The van der Waals surface area contributed by atoms with Crippen molar-refractivity contribution in [2.24, 2.45) is 0 Å². The summed E-state index contributed by atoms with van der Waals surface area (Å²) in [6.07, 6.45) is 2.05. The Kier molecular flexibility index (Phi) is 4.70. The van der Waals surface area contributed by atoms with Crippen LogP contribution in [0.5, 0.6) is 0 Å². The summed E-state index contributed by atoms with van der Waals surface area (Å²) in [4.78, 5) is 16.3. The summed E-state index contributed by atoms with van der Waals surface area (Å²) in [6, 6.07) is 11.3. The van der Waals surface area contributed by atoms with Crippen molar-refractivity contribution in [3.05, 3.63) is 54.2 Å². The Morgan fingerprint density at radius 1 is 1.14 bits per heavy atom. The molecular weight excluding hydrogens is 288 g/mol. The van der Waals surface area contributed by atoms with Gasteiger partial charge in [-0.15, -0.1) is 0 Å². The Morgan fingerprint density at radius 3 is 2.52 bits per heavy atom. The molecule has 0 aliphatic heterocycles. The lowest BCUT2D eigenvalue weighted by Gasteiger charge is -2.10. The third-order valence-electron chi connectivity index (χ3n) is 2.85. The molecule has 0 bridgehead atoms. The van der Waals surface area contributed by atoms with E-state index in [2.05, 4.69) is 10.3 Å². The maximum atomic E-state index is 12.3. The molecular formula is C15H16N2O3S. The van der Waals surface area contributed by atoms with Gasteiger partial charge in [-0.1, -0.05) is 25.1 Å². The summed E-state index contributed by atoms with van der Waals surface area (Å²) in [5.41, 5.74) is 0.136. The number of nitrogens with one attached hydrogen (secondary N) is 1. The molecule has 0 saturated heterocycles. The lowest BCUT2D eigenvalue weighted by Crippen LogP contribution is -2.18. The van der Waals surface area contributed by atoms with Crippen molar-refractivity contribution in [3.8, 4) is 0 Å². The third kappa shape index (κ3) is 3.66. The molecule has 2 rings (SSSR count). The maximum absolute atomic E-state index is 12.3. The van der Waals surface area contributed by atoms with Gasteiger partial charge in [-0.2, -0.15) is 0 Å². The number of rotatable bonds is 5. The summed E-state index contributed by atoms with van der Waals surface area (Å²) in [7, 11) is -3.46. The number of aromatic nitrogens is 1. The average Bonchev–Trinajstić information content (AvgIpc) is 2.48. The van der Waals surface area contributed by atoms with E-state index < -0.39 is 15.7 Å². The first-order valence-electron chi connectivity index (χ1n) is 6.59. The lowest BCUT2D eigenvalue weighted by atomic mass is 10.2. The fourth-order valence-electron chi connectivity index (χ4n) is 1.92. The molecule has 21 heavy (non-hydrogen) atoms. The molecule has 0 aliphatic rings.